The van der Waals surface area contributed by atoms with E-state index in [1.165, 1.54) is 25.3 Å². The van der Waals surface area contributed by atoms with Crippen molar-refractivity contribution in [1.82, 2.24) is 4.90 Å². The van der Waals surface area contributed by atoms with Crippen LogP contribution in [0.5, 0.6) is 5.75 Å². The van der Waals surface area contributed by atoms with Crippen molar-refractivity contribution in [3.05, 3.63) is 29.6 Å². The molecule has 106 valence electrons. The molecule has 1 aromatic rings. The van der Waals surface area contributed by atoms with Gasteiger partial charge in [0, 0.05) is 11.1 Å². The van der Waals surface area contributed by atoms with Crippen LogP contribution in [0.25, 0.3) is 0 Å². The Morgan fingerprint density at radius 1 is 1.47 bits per heavy atom. The van der Waals surface area contributed by atoms with Crippen molar-refractivity contribution in [2.45, 2.75) is 19.4 Å². The summed E-state index contributed by atoms with van der Waals surface area (Å²) in [6, 6.07) is 4.13. The molecule has 1 N–H and O–H groups in total. The van der Waals surface area contributed by atoms with E-state index in [9.17, 15) is 14.3 Å². The summed E-state index contributed by atoms with van der Waals surface area (Å²) in [6.07, 6.45) is 0. The third-order valence-corrected chi connectivity index (χ3v) is 3.27. The van der Waals surface area contributed by atoms with Gasteiger partial charge in [0.1, 0.15) is 0 Å². The monoisotopic (exact) mass is 269 g/mol. The highest BCUT2D eigenvalue weighted by atomic mass is 19.1. The first-order chi connectivity index (χ1) is 8.81. The van der Waals surface area contributed by atoms with Crippen molar-refractivity contribution in [1.29, 1.82) is 0 Å². The maximum absolute atomic E-state index is 13.5. The maximum atomic E-state index is 13.5. The number of hydrogen-bond donors (Lipinski definition) is 1. The summed E-state index contributed by atoms with van der Waals surface area (Å²) in [4.78, 5) is 13.8. The second-order valence-electron chi connectivity index (χ2n) is 5.10. The molecule has 0 aliphatic heterocycles. The minimum Gasteiger partial charge on any atom is -0.494 e. The van der Waals surface area contributed by atoms with Crippen LogP contribution < -0.4 is 4.74 Å². The summed E-state index contributed by atoms with van der Waals surface area (Å²) >= 11 is 0. The molecule has 1 aromatic carbocycles. The Kier molecular flexibility index (Phi) is 5.03. The van der Waals surface area contributed by atoms with Crippen LogP contribution in [0.2, 0.25) is 0 Å². The van der Waals surface area contributed by atoms with Crippen molar-refractivity contribution in [3.63, 3.8) is 0 Å². The van der Waals surface area contributed by atoms with Gasteiger partial charge in [0.2, 0.25) is 0 Å². The van der Waals surface area contributed by atoms with Crippen LogP contribution in [-0.4, -0.2) is 48.6 Å². The first-order valence-electron chi connectivity index (χ1n) is 6.00. The van der Waals surface area contributed by atoms with Crippen LogP contribution in [0, 0.1) is 5.82 Å². The number of ketones is 1. The number of nitrogens with zero attached hydrogens (tertiary/aromatic N) is 1. The maximum Gasteiger partial charge on any atom is 0.176 e. The van der Waals surface area contributed by atoms with Gasteiger partial charge in [-0.1, -0.05) is 0 Å². The molecule has 0 spiro atoms. The number of hydrogen-bond acceptors (Lipinski definition) is 4. The Balaban J connectivity index is 2.82. The number of carbonyl (C=O) groups excluding carboxylic acids is 1. The van der Waals surface area contributed by atoms with Gasteiger partial charge in [-0.05, 0) is 39.1 Å². The Bertz CT molecular complexity index is 460. The van der Waals surface area contributed by atoms with Crippen LogP contribution in [0.3, 0.4) is 0 Å². The average Bonchev–Trinajstić information content (AvgIpc) is 2.38. The first-order valence-corrected chi connectivity index (χ1v) is 6.00. The molecular formula is C14H20FNO3. The predicted molar refractivity (Wildman–Crippen MR) is 71.1 cm³/mol. The zero-order chi connectivity index (χ0) is 14.6. The molecule has 1 rings (SSSR count). The highest BCUT2D eigenvalue weighted by Gasteiger charge is 2.24. The minimum absolute atomic E-state index is 0.0618. The van der Waals surface area contributed by atoms with Crippen LogP contribution in [0.1, 0.15) is 24.2 Å². The number of ether oxygens (including phenoxy) is 1. The summed E-state index contributed by atoms with van der Waals surface area (Å²) in [5.74, 6) is -0.649. The van der Waals surface area contributed by atoms with E-state index in [4.69, 9.17) is 4.74 Å². The number of aliphatic hydroxyl groups is 1. The Hall–Kier alpha value is -1.46. The number of Topliss-reactive ketones (excluding diaryl/α,β-unsaturated/α-hetero) is 1. The van der Waals surface area contributed by atoms with Crippen LogP contribution in [0.15, 0.2) is 18.2 Å². The minimum atomic E-state index is -0.558. The molecule has 19 heavy (non-hydrogen) atoms. The van der Waals surface area contributed by atoms with Crippen molar-refractivity contribution in [2.24, 2.45) is 0 Å². The molecule has 4 nitrogen and oxygen atoms in total. The van der Waals surface area contributed by atoms with Gasteiger partial charge in [-0.25, -0.2) is 4.39 Å². The quantitative estimate of drug-likeness (QED) is 0.799. The second kappa shape index (κ2) is 6.12. The van der Waals surface area contributed by atoms with E-state index in [1.807, 2.05) is 13.8 Å². The predicted octanol–water partition coefficient (Wildman–Crippen LogP) is 1.72. The van der Waals surface area contributed by atoms with E-state index >= 15 is 0 Å². The van der Waals surface area contributed by atoms with Crippen molar-refractivity contribution in [3.8, 4) is 5.75 Å². The fourth-order valence-corrected chi connectivity index (χ4v) is 1.48. The SMILES string of the molecule is COc1ccc(C(=O)CN(C)C(C)(C)CO)cc1F. The van der Waals surface area contributed by atoms with Gasteiger partial charge in [-0.15, -0.1) is 0 Å². The molecule has 0 saturated heterocycles. The molecule has 0 bridgehead atoms. The van der Waals surface area contributed by atoms with E-state index < -0.39 is 11.4 Å². The van der Waals surface area contributed by atoms with E-state index in [0.717, 1.165) is 0 Å². The Labute approximate surface area is 112 Å². The number of aliphatic hydroxyl groups excluding tert-OH is 1. The number of likely N-dealkylation sites (N-methyl/N-ethyl adjacent to an activating group) is 1. The van der Waals surface area contributed by atoms with Crippen molar-refractivity contribution >= 4 is 5.78 Å². The third kappa shape index (κ3) is 3.75. The Morgan fingerprint density at radius 3 is 2.58 bits per heavy atom. The summed E-state index contributed by atoms with van der Waals surface area (Å²) in [5.41, 5.74) is -0.209. The van der Waals surface area contributed by atoms with E-state index in [1.54, 1.807) is 11.9 Å². The molecule has 0 fully saturated rings. The van der Waals surface area contributed by atoms with E-state index in [-0.39, 0.29) is 24.7 Å². The van der Waals surface area contributed by atoms with Gasteiger partial charge in [0.25, 0.3) is 0 Å². The lowest BCUT2D eigenvalue weighted by molar-refractivity contribution is 0.0659. The normalized spacial score (nSPS) is 11.7. The lowest BCUT2D eigenvalue weighted by Crippen LogP contribution is -2.46. The molecule has 0 unspecified atom stereocenters. The highest BCUT2D eigenvalue weighted by Crippen LogP contribution is 2.19. The fraction of sp³-hybridized carbons (Fsp3) is 0.500. The van der Waals surface area contributed by atoms with Gasteiger partial charge < -0.3 is 9.84 Å². The number of rotatable bonds is 6. The summed E-state index contributed by atoms with van der Waals surface area (Å²) in [5, 5.41) is 9.23. The smallest absolute Gasteiger partial charge is 0.176 e. The molecule has 0 radical (unpaired) electrons. The lowest BCUT2D eigenvalue weighted by Gasteiger charge is -2.33. The zero-order valence-electron chi connectivity index (χ0n) is 11.7. The summed E-state index contributed by atoms with van der Waals surface area (Å²) < 4.78 is 18.3. The molecule has 5 heteroatoms. The number of benzene rings is 1. The van der Waals surface area contributed by atoms with Crippen molar-refractivity contribution < 1.29 is 19.0 Å². The average molecular weight is 269 g/mol. The van der Waals surface area contributed by atoms with Gasteiger partial charge >= 0.3 is 0 Å². The number of carbonyl (C=O) groups is 1. The molecule has 0 aliphatic rings. The van der Waals surface area contributed by atoms with E-state index in [2.05, 4.69) is 0 Å². The molecule has 0 atom stereocenters. The second-order valence-corrected chi connectivity index (χ2v) is 5.10. The topological polar surface area (TPSA) is 49.8 Å². The Morgan fingerprint density at radius 2 is 2.11 bits per heavy atom. The largest absolute Gasteiger partial charge is 0.494 e. The third-order valence-electron chi connectivity index (χ3n) is 3.27. The first kappa shape index (κ1) is 15.6. The standard InChI is InChI=1S/C14H20FNO3/c1-14(2,9-17)16(3)8-12(18)10-5-6-13(19-4)11(15)7-10/h5-7,17H,8-9H2,1-4H3. The molecule has 0 saturated carbocycles. The van der Waals surface area contributed by atoms with E-state index in [0.29, 0.717) is 5.56 Å². The van der Waals surface area contributed by atoms with Crippen LogP contribution in [-0.2, 0) is 0 Å². The molecule has 0 aliphatic carbocycles. The fourth-order valence-electron chi connectivity index (χ4n) is 1.48. The molecular weight excluding hydrogens is 249 g/mol. The van der Waals surface area contributed by atoms with Crippen molar-refractivity contribution in [2.75, 3.05) is 27.3 Å². The molecule has 0 heterocycles. The van der Waals surface area contributed by atoms with Gasteiger partial charge in [0.05, 0.1) is 20.3 Å². The van der Waals surface area contributed by atoms with Gasteiger partial charge in [0.15, 0.2) is 17.3 Å². The van der Waals surface area contributed by atoms with Gasteiger partial charge in [-0.2, -0.15) is 0 Å². The van der Waals surface area contributed by atoms with Crippen LogP contribution in [0.4, 0.5) is 4.39 Å². The number of methoxy groups -OCH3 is 1. The molecule has 0 amide bonds. The number of halogens is 1. The van der Waals surface area contributed by atoms with Gasteiger partial charge in [-0.3, -0.25) is 9.69 Å². The lowest BCUT2D eigenvalue weighted by atomic mass is 10.0. The highest BCUT2D eigenvalue weighted by molar-refractivity contribution is 5.97. The summed E-state index contributed by atoms with van der Waals surface area (Å²) in [6.45, 7) is 3.71. The summed E-state index contributed by atoms with van der Waals surface area (Å²) in [7, 11) is 3.12. The van der Waals surface area contributed by atoms with Crippen LogP contribution >= 0.6 is 0 Å². The molecule has 0 aromatic heterocycles. The zero-order valence-corrected chi connectivity index (χ0v) is 11.7.